The summed E-state index contributed by atoms with van der Waals surface area (Å²) >= 11 is 0. The van der Waals surface area contributed by atoms with Gasteiger partial charge in [-0.15, -0.1) is 0 Å². The number of carbonyl (C=O) groups is 2. The molecule has 0 fully saturated rings. The molecule has 1 aromatic rings. The van der Waals surface area contributed by atoms with Gasteiger partial charge in [0.1, 0.15) is 11.8 Å². The number of carboxylic acid groups (broad SMARTS) is 1. The van der Waals surface area contributed by atoms with Gasteiger partial charge in [-0.3, -0.25) is 0 Å². The summed E-state index contributed by atoms with van der Waals surface area (Å²) in [6.07, 6.45) is 0.992. The SMILES string of the molecule is CCC(NC(=O)NCCCOc1ccccc1)C(=O)O. The Morgan fingerprint density at radius 3 is 2.60 bits per heavy atom. The van der Waals surface area contributed by atoms with Crippen molar-refractivity contribution >= 4 is 12.0 Å². The maximum Gasteiger partial charge on any atom is 0.326 e. The molecule has 6 heteroatoms. The molecule has 0 bridgehead atoms. The minimum absolute atomic E-state index is 0.347. The van der Waals surface area contributed by atoms with Crippen LogP contribution in [0.1, 0.15) is 19.8 Å². The van der Waals surface area contributed by atoms with Crippen molar-refractivity contribution in [2.45, 2.75) is 25.8 Å². The Hall–Kier alpha value is -2.24. The number of amides is 2. The first-order valence-corrected chi connectivity index (χ1v) is 6.58. The average Bonchev–Trinajstić information content (AvgIpc) is 2.45. The Kier molecular flexibility index (Phi) is 6.95. The van der Waals surface area contributed by atoms with Crippen molar-refractivity contribution in [3.05, 3.63) is 30.3 Å². The number of hydrogen-bond acceptors (Lipinski definition) is 3. The first-order valence-electron chi connectivity index (χ1n) is 6.58. The van der Waals surface area contributed by atoms with Crippen molar-refractivity contribution in [1.82, 2.24) is 10.6 Å². The molecule has 0 aliphatic heterocycles. The van der Waals surface area contributed by atoms with Gasteiger partial charge in [-0.05, 0) is 25.0 Å². The van der Waals surface area contributed by atoms with Crippen molar-refractivity contribution in [2.24, 2.45) is 0 Å². The number of para-hydroxylation sites is 1. The minimum Gasteiger partial charge on any atom is -0.494 e. The fraction of sp³-hybridized carbons (Fsp3) is 0.429. The molecule has 0 aromatic heterocycles. The van der Waals surface area contributed by atoms with E-state index in [1.54, 1.807) is 6.92 Å². The standard InChI is InChI=1S/C14H20N2O4/c1-2-12(13(17)18)16-14(19)15-9-6-10-20-11-7-4-3-5-8-11/h3-5,7-8,12H,2,6,9-10H2,1H3,(H,17,18)(H2,15,16,19). The first kappa shape index (κ1) is 15.8. The maximum atomic E-state index is 11.4. The fourth-order valence-electron chi connectivity index (χ4n) is 1.53. The van der Waals surface area contributed by atoms with Gasteiger partial charge < -0.3 is 20.5 Å². The highest BCUT2D eigenvalue weighted by Gasteiger charge is 2.16. The molecule has 1 rings (SSSR count). The van der Waals surface area contributed by atoms with E-state index in [0.29, 0.717) is 26.0 Å². The average molecular weight is 280 g/mol. The third-order valence-corrected chi connectivity index (χ3v) is 2.63. The Bertz CT molecular complexity index is 422. The highest BCUT2D eigenvalue weighted by Crippen LogP contribution is 2.07. The Balaban J connectivity index is 2.12. The second kappa shape index (κ2) is 8.79. The Labute approximate surface area is 118 Å². The third kappa shape index (κ3) is 6.08. The van der Waals surface area contributed by atoms with E-state index in [2.05, 4.69) is 10.6 Å². The lowest BCUT2D eigenvalue weighted by Crippen LogP contribution is -2.46. The molecule has 1 atom stereocenters. The number of rotatable bonds is 8. The second-order valence-electron chi connectivity index (χ2n) is 4.21. The summed E-state index contributed by atoms with van der Waals surface area (Å²) in [5, 5.41) is 13.8. The normalized spacial score (nSPS) is 11.4. The zero-order valence-corrected chi connectivity index (χ0v) is 11.5. The second-order valence-corrected chi connectivity index (χ2v) is 4.21. The molecule has 0 aliphatic rings. The molecule has 3 N–H and O–H groups in total. The summed E-state index contributed by atoms with van der Waals surface area (Å²) in [5.74, 6) is -0.246. The van der Waals surface area contributed by atoms with Gasteiger partial charge in [0.05, 0.1) is 6.61 Å². The van der Waals surface area contributed by atoms with E-state index < -0.39 is 18.0 Å². The van der Waals surface area contributed by atoms with E-state index in [9.17, 15) is 9.59 Å². The molecule has 0 radical (unpaired) electrons. The molecule has 0 saturated carbocycles. The van der Waals surface area contributed by atoms with Gasteiger partial charge in [0, 0.05) is 6.54 Å². The lowest BCUT2D eigenvalue weighted by Gasteiger charge is -2.13. The van der Waals surface area contributed by atoms with Gasteiger partial charge in [0.2, 0.25) is 0 Å². The van der Waals surface area contributed by atoms with Crippen molar-refractivity contribution in [3.63, 3.8) is 0 Å². The molecule has 1 unspecified atom stereocenters. The number of hydrogen-bond donors (Lipinski definition) is 3. The van der Waals surface area contributed by atoms with Crippen LogP contribution in [0, 0.1) is 0 Å². The van der Waals surface area contributed by atoms with Gasteiger partial charge in [0.25, 0.3) is 0 Å². The van der Waals surface area contributed by atoms with Gasteiger partial charge in [0.15, 0.2) is 0 Å². The van der Waals surface area contributed by atoms with Crippen molar-refractivity contribution in [3.8, 4) is 5.75 Å². The van der Waals surface area contributed by atoms with E-state index in [1.807, 2.05) is 30.3 Å². The number of carbonyl (C=O) groups excluding carboxylic acids is 1. The highest BCUT2D eigenvalue weighted by atomic mass is 16.5. The molecule has 1 aromatic carbocycles. The predicted octanol–water partition coefficient (Wildman–Crippen LogP) is 1.62. The molecule has 2 amide bonds. The molecule has 0 saturated heterocycles. The quantitative estimate of drug-likeness (QED) is 0.631. The van der Waals surface area contributed by atoms with Crippen LogP contribution in [0.2, 0.25) is 0 Å². The predicted molar refractivity (Wildman–Crippen MR) is 74.8 cm³/mol. The van der Waals surface area contributed by atoms with Crippen LogP contribution in [-0.4, -0.2) is 36.3 Å². The zero-order chi connectivity index (χ0) is 14.8. The third-order valence-electron chi connectivity index (χ3n) is 2.63. The lowest BCUT2D eigenvalue weighted by molar-refractivity contribution is -0.139. The topological polar surface area (TPSA) is 87.7 Å². The summed E-state index contributed by atoms with van der Waals surface area (Å²) in [7, 11) is 0. The summed E-state index contributed by atoms with van der Waals surface area (Å²) in [4.78, 5) is 22.2. The van der Waals surface area contributed by atoms with Crippen molar-refractivity contribution in [1.29, 1.82) is 0 Å². The van der Waals surface area contributed by atoms with Gasteiger partial charge in [-0.25, -0.2) is 9.59 Å². The van der Waals surface area contributed by atoms with E-state index in [4.69, 9.17) is 9.84 Å². The van der Waals surface area contributed by atoms with Crippen LogP contribution in [0.4, 0.5) is 4.79 Å². The molecule has 20 heavy (non-hydrogen) atoms. The van der Waals surface area contributed by atoms with Crippen LogP contribution in [-0.2, 0) is 4.79 Å². The first-order chi connectivity index (χ1) is 9.63. The van der Waals surface area contributed by atoms with Crippen LogP contribution >= 0.6 is 0 Å². The fourth-order valence-corrected chi connectivity index (χ4v) is 1.53. The number of nitrogens with one attached hydrogen (secondary N) is 2. The van der Waals surface area contributed by atoms with E-state index >= 15 is 0 Å². The number of urea groups is 1. The number of ether oxygens (including phenoxy) is 1. The van der Waals surface area contributed by atoms with Crippen LogP contribution in [0.25, 0.3) is 0 Å². The highest BCUT2D eigenvalue weighted by molar-refractivity contribution is 5.82. The van der Waals surface area contributed by atoms with Crippen LogP contribution in [0.15, 0.2) is 30.3 Å². The monoisotopic (exact) mass is 280 g/mol. The van der Waals surface area contributed by atoms with E-state index in [1.165, 1.54) is 0 Å². The molecular weight excluding hydrogens is 260 g/mol. The maximum absolute atomic E-state index is 11.4. The van der Waals surface area contributed by atoms with Crippen LogP contribution < -0.4 is 15.4 Å². The molecule has 0 heterocycles. The number of carboxylic acids is 1. The smallest absolute Gasteiger partial charge is 0.326 e. The zero-order valence-electron chi connectivity index (χ0n) is 11.5. The molecule has 0 spiro atoms. The summed E-state index contributed by atoms with van der Waals surface area (Å²) in [6, 6.07) is 8.08. The van der Waals surface area contributed by atoms with Crippen molar-refractivity contribution < 1.29 is 19.4 Å². The Morgan fingerprint density at radius 1 is 1.30 bits per heavy atom. The number of aliphatic carboxylic acids is 1. The molecule has 110 valence electrons. The van der Waals surface area contributed by atoms with E-state index in [-0.39, 0.29) is 0 Å². The Morgan fingerprint density at radius 2 is 2.00 bits per heavy atom. The number of benzene rings is 1. The largest absolute Gasteiger partial charge is 0.494 e. The molecular formula is C14H20N2O4. The summed E-state index contributed by atoms with van der Waals surface area (Å²) < 4.78 is 5.46. The van der Waals surface area contributed by atoms with Crippen molar-refractivity contribution in [2.75, 3.05) is 13.2 Å². The summed E-state index contributed by atoms with van der Waals surface area (Å²) in [6.45, 7) is 2.61. The van der Waals surface area contributed by atoms with Gasteiger partial charge in [-0.1, -0.05) is 25.1 Å². The minimum atomic E-state index is -1.03. The van der Waals surface area contributed by atoms with Crippen LogP contribution in [0.5, 0.6) is 5.75 Å². The summed E-state index contributed by atoms with van der Waals surface area (Å²) in [5.41, 5.74) is 0. The van der Waals surface area contributed by atoms with E-state index in [0.717, 1.165) is 5.75 Å². The van der Waals surface area contributed by atoms with Crippen LogP contribution in [0.3, 0.4) is 0 Å². The van der Waals surface area contributed by atoms with Gasteiger partial charge >= 0.3 is 12.0 Å². The molecule has 6 nitrogen and oxygen atoms in total. The lowest BCUT2D eigenvalue weighted by atomic mass is 10.2. The van der Waals surface area contributed by atoms with Gasteiger partial charge in [-0.2, -0.15) is 0 Å². The molecule has 0 aliphatic carbocycles.